The van der Waals surface area contributed by atoms with Crippen LogP contribution in [0.25, 0.3) is 16.7 Å². The summed E-state index contributed by atoms with van der Waals surface area (Å²) in [6.45, 7) is 3.02. The minimum absolute atomic E-state index is 0.0479. The summed E-state index contributed by atoms with van der Waals surface area (Å²) >= 11 is 0. The molecule has 11 nitrogen and oxygen atoms in total. The van der Waals surface area contributed by atoms with Crippen LogP contribution < -0.4 is 15.2 Å². The summed E-state index contributed by atoms with van der Waals surface area (Å²) in [4.78, 5) is 39.8. The largest absolute Gasteiger partial charge is 0.474 e. The summed E-state index contributed by atoms with van der Waals surface area (Å²) in [7, 11) is 0. The van der Waals surface area contributed by atoms with Gasteiger partial charge in [0, 0.05) is 38.2 Å². The Labute approximate surface area is 253 Å². The number of ether oxygens (including phenoxy) is 1. The van der Waals surface area contributed by atoms with E-state index in [0.29, 0.717) is 48.5 Å². The minimum atomic E-state index is -1.13. The van der Waals surface area contributed by atoms with Gasteiger partial charge in [0.25, 0.3) is 5.56 Å². The van der Waals surface area contributed by atoms with Crippen LogP contribution in [-0.2, 0) is 11.3 Å². The lowest BCUT2D eigenvalue weighted by Gasteiger charge is -2.40. The van der Waals surface area contributed by atoms with E-state index in [0.717, 1.165) is 44.6 Å². The predicted molar refractivity (Wildman–Crippen MR) is 161 cm³/mol. The number of benzene rings is 1. The van der Waals surface area contributed by atoms with Crippen LogP contribution in [0.1, 0.15) is 44.9 Å². The second kappa shape index (κ2) is 11.6. The molecule has 7 rings (SSSR count). The topological polar surface area (TPSA) is 119 Å². The number of hydrogen-bond donors (Lipinski definition) is 1. The zero-order chi connectivity index (χ0) is 30.3. The summed E-state index contributed by atoms with van der Waals surface area (Å²) in [5.74, 6) is 1.33. The van der Waals surface area contributed by atoms with Crippen LogP contribution in [0.4, 0.5) is 10.2 Å². The molecule has 230 valence electrons. The minimum Gasteiger partial charge on any atom is -0.474 e. The van der Waals surface area contributed by atoms with Gasteiger partial charge >= 0.3 is 0 Å². The maximum Gasteiger partial charge on any atom is 0.264 e. The number of aromatic nitrogens is 5. The maximum atomic E-state index is 13.4. The van der Waals surface area contributed by atoms with E-state index >= 15 is 0 Å². The van der Waals surface area contributed by atoms with Gasteiger partial charge in [-0.2, -0.15) is 10.1 Å². The van der Waals surface area contributed by atoms with Crippen LogP contribution in [0.15, 0.2) is 59.8 Å². The molecule has 3 aliphatic rings. The zero-order valence-corrected chi connectivity index (χ0v) is 24.5. The van der Waals surface area contributed by atoms with Gasteiger partial charge in [0.15, 0.2) is 5.65 Å². The van der Waals surface area contributed by atoms with Gasteiger partial charge in [-0.15, -0.1) is 0 Å². The highest BCUT2D eigenvalue weighted by Crippen LogP contribution is 2.32. The first-order chi connectivity index (χ1) is 21.3. The lowest BCUT2D eigenvalue weighted by atomic mass is 9.85. The molecule has 44 heavy (non-hydrogen) atoms. The molecule has 2 aliphatic heterocycles. The smallest absolute Gasteiger partial charge is 0.264 e. The van der Waals surface area contributed by atoms with Gasteiger partial charge in [-0.3, -0.25) is 14.2 Å². The molecule has 2 saturated heterocycles. The molecule has 1 saturated carbocycles. The Morgan fingerprint density at radius 2 is 1.77 bits per heavy atom. The first-order valence-corrected chi connectivity index (χ1v) is 15.4. The summed E-state index contributed by atoms with van der Waals surface area (Å²) in [6, 6.07) is 11.7. The molecule has 12 heteroatoms. The average Bonchev–Trinajstić information content (AvgIpc) is 3.44. The molecule has 5 heterocycles. The van der Waals surface area contributed by atoms with Crippen LogP contribution in [0, 0.1) is 11.7 Å². The molecule has 1 aromatic carbocycles. The van der Waals surface area contributed by atoms with Gasteiger partial charge in [-0.1, -0.05) is 6.07 Å². The number of carbonyl (C=O) groups is 1. The fraction of sp³-hybridized carbons (Fsp3) is 0.469. The molecule has 3 aromatic heterocycles. The van der Waals surface area contributed by atoms with Gasteiger partial charge in [0.2, 0.25) is 11.8 Å². The molecule has 0 radical (unpaired) electrons. The number of nitrogens with zero attached hydrogens (tertiary/aromatic N) is 7. The summed E-state index contributed by atoms with van der Waals surface area (Å²) in [6.07, 6.45) is 7.99. The van der Waals surface area contributed by atoms with Crippen LogP contribution >= 0.6 is 0 Å². The van der Waals surface area contributed by atoms with E-state index in [9.17, 15) is 19.1 Å². The van der Waals surface area contributed by atoms with Crippen LogP contribution in [0.5, 0.6) is 5.88 Å². The lowest BCUT2D eigenvalue weighted by Crippen LogP contribution is -2.51. The van der Waals surface area contributed by atoms with Crippen LogP contribution in [-0.4, -0.2) is 78.1 Å². The Morgan fingerprint density at radius 1 is 1.02 bits per heavy atom. The van der Waals surface area contributed by atoms with Gasteiger partial charge in [-0.05, 0) is 75.3 Å². The summed E-state index contributed by atoms with van der Waals surface area (Å²) < 4.78 is 22.4. The van der Waals surface area contributed by atoms with Gasteiger partial charge in [0.1, 0.15) is 29.5 Å². The summed E-state index contributed by atoms with van der Waals surface area (Å²) in [5, 5.41) is 16.0. The molecular weight excluding hydrogens is 565 g/mol. The highest BCUT2D eigenvalue weighted by Gasteiger charge is 2.37. The van der Waals surface area contributed by atoms with Crippen molar-refractivity contribution in [3.8, 4) is 11.6 Å². The SMILES string of the molecule is O=C(C1CCC(Oc2cccc(N3CCC3)n2)CC1)N1CCC(O)(Cn2cnc3c(cnn3-c3ccc(F)cc3)c2=O)CC1. The van der Waals surface area contributed by atoms with Crippen molar-refractivity contribution in [1.82, 2.24) is 29.2 Å². The Balaban J connectivity index is 0.925. The Hall–Kier alpha value is -4.32. The van der Waals surface area contributed by atoms with Gasteiger partial charge < -0.3 is 19.6 Å². The second-order valence-electron chi connectivity index (χ2n) is 12.3. The van der Waals surface area contributed by atoms with E-state index < -0.39 is 5.60 Å². The van der Waals surface area contributed by atoms with E-state index in [1.807, 2.05) is 23.1 Å². The second-order valence-corrected chi connectivity index (χ2v) is 12.3. The van der Waals surface area contributed by atoms with Crippen molar-refractivity contribution in [2.75, 3.05) is 31.1 Å². The first kappa shape index (κ1) is 28.5. The number of anilines is 1. The third-order valence-electron chi connectivity index (χ3n) is 9.30. The van der Waals surface area contributed by atoms with Gasteiger partial charge in [0.05, 0.1) is 24.0 Å². The molecule has 0 atom stereocenters. The molecule has 0 bridgehead atoms. The molecule has 1 amide bonds. The van der Waals surface area contributed by atoms with E-state index in [1.165, 1.54) is 40.3 Å². The number of aliphatic hydroxyl groups is 1. The normalized spacial score (nSPS) is 21.7. The fourth-order valence-corrected chi connectivity index (χ4v) is 6.50. The van der Waals surface area contributed by atoms with Crippen molar-refractivity contribution in [2.45, 2.75) is 63.2 Å². The monoisotopic (exact) mass is 601 g/mol. The third-order valence-corrected chi connectivity index (χ3v) is 9.30. The Bertz CT molecular complexity index is 1700. The molecule has 0 unspecified atom stereocenters. The highest BCUT2D eigenvalue weighted by atomic mass is 19.1. The number of pyridine rings is 1. The Morgan fingerprint density at radius 3 is 2.48 bits per heavy atom. The van der Waals surface area contributed by atoms with Crippen molar-refractivity contribution in [2.24, 2.45) is 5.92 Å². The quantitative estimate of drug-likeness (QED) is 0.343. The number of halogens is 1. The number of carbonyl (C=O) groups excluding carboxylic acids is 1. The standard InChI is InChI=1S/C32H36FN7O4/c33-23-7-9-24(10-8-23)40-29-26(19-35-40)31(42)39(21-34-29)20-32(43)13-17-38(18-14-32)30(41)22-5-11-25(12-6-22)44-28-4-1-3-27(36-28)37-15-2-16-37/h1,3-4,7-10,19,21-22,25,43H,2,5-6,11-18,20H2. The molecule has 4 aromatic rings. The number of piperidine rings is 1. The van der Waals surface area contributed by atoms with E-state index in [2.05, 4.69) is 20.0 Å². The molecule has 1 N–H and O–H groups in total. The molecule has 3 fully saturated rings. The van der Waals surface area contributed by atoms with Crippen LogP contribution in [0.2, 0.25) is 0 Å². The maximum absolute atomic E-state index is 13.4. The average molecular weight is 602 g/mol. The molecule has 1 aliphatic carbocycles. The number of fused-ring (bicyclic) bond motifs is 1. The van der Waals surface area contributed by atoms with Crippen molar-refractivity contribution in [3.63, 3.8) is 0 Å². The third kappa shape index (κ3) is 5.66. The van der Waals surface area contributed by atoms with E-state index in [1.54, 1.807) is 12.1 Å². The van der Waals surface area contributed by atoms with Crippen molar-refractivity contribution >= 4 is 22.8 Å². The number of likely N-dealkylation sites (tertiary alicyclic amines) is 1. The fourth-order valence-electron chi connectivity index (χ4n) is 6.50. The van der Waals surface area contributed by atoms with Crippen molar-refractivity contribution < 1.29 is 19.0 Å². The number of amides is 1. The molecular formula is C32H36FN7O4. The number of hydrogen-bond acceptors (Lipinski definition) is 8. The van der Waals surface area contributed by atoms with Gasteiger partial charge in [-0.25, -0.2) is 14.1 Å². The van der Waals surface area contributed by atoms with Crippen molar-refractivity contribution in [1.29, 1.82) is 0 Å². The first-order valence-electron chi connectivity index (χ1n) is 15.4. The lowest BCUT2D eigenvalue weighted by molar-refractivity contribution is -0.141. The predicted octanol–water partition coefficient (Wildman–Crippen LogP) is 3.32. The number of rotatable bonds is 7. The zero-order valence-electron chi connectivity index (χ0n) is 24.5. The Kier molecular flexibility index (Phi) is 7.53. The highest BCUT2D eigenvalue weighted by molar-refractivity contribution is 5.79. The van der Waals surface area contributed by atoms with E-state index in [4.69, 9.17) is 4.74 Å². The summed E-state index contributed by atoms with van der Waals surface area (Å²) in [5.41, 5.74) is -0.489. The van der Waals surface area contributed by atoms with E-state index in [-0.39, 0.29) is 35.9 Å². The molecule has 0 spiro atoms. The van der Waals surface area contributed by atoms with Crippen LogP contribution in [0.3, 0.4) is 0 Å². The van der Waals surface area contributed by atoms with Crippen molar-refractivity contribution in [3.05, 3.63) is 71.2 Å².